The molecular weight excluding hydrogens is 304 g/mol. The molecule has 0 saturated carbocycles. The van der Waals surface area contributed by atoms with Crippen LogP contribution in [0.25, 0.3) is 0 Å². The standard InChI is InChI=1S/C14H16N4O3S/c1-3-14(19)17-11-4-6-12(7-5-11)22(20,21)18(2)13-10-15-8-9-16-13/h4-10H,3H2,1-2H3,(H,17,19). The molecule has 1 aromatic heterocycles. The highest BCUT2D eigenvalue weighted by molar-refractivity contribution is 7.92. The number of amides is 1. The number of hydrogen-bond donors (Lipinski definition) is 1. The maximum absolute atomic E-state index is 12.5. The number of sulfonamides is 1. The van der Waals surface area contributed by atoms with E-state index in [2.05, 4.69) is 15.3 Å². The van der Waals surface area contributed by atoms with Gasteiger partial charge in [0.25, 0.3) is 10.0 Å². The molecule has 0 aliphatic rings. The fourth-order valence-corrected chi connectivity index (χ4v) is 2.83. The molecule has 0 radical (unpaired) electrons. The zero-order valence-electron chi connectivity index (χ0n) is 12.2. The quantitative estimate of drug-likeness (QED) is 0.904. The first kappa shape index (κ1) is 15.9. The lowest BCUT2D eigenvalue weighted by Gasteiger charge is -2.18. The van der Waals surface area contributed by atoms with Gasteiger partial charge in [-0.2, -0.15) is 0 Å². The minimum Gasteiger partial charge on any atom is -0.326 e. The van der Waals surface area contributed by atoms with Crippen LogP contribution in [0, 0.1) is 0 Å². The van der Waals surface area contributed by atoms with Gasteiger partial charge in [0, 0.05) is 31.5 Å². The van der Waals surface area contributed by atoms with Crippen LogP contribution in [-0.4, -0.2) is 31.3 Å². The summed E-state index contributed by atoms with van der Waals surface area (Å²) in [4.78, 5) is 19.2. The highest BCUT2D eigenvalue weighted by Crippen LogP contribution is 2.21. The molecule has 1 N–H and O–H groups in total. The van der Waals surface area contributed by atoms with Gasteiger partial charge in [0.1, 0.15) is 0 Å². The van der Waals surface area contributed by atoms with Gasteiger partial charge < -0.3 is 5.32 Å². The smallest absolute Gasteiger partial charge is 0.265 e. The third-order valence-corrected chi connectivity index (χ3v) is 4.77. The first-order valence-corrected chi connectivity index (χ1v) is 8.04. The van der Waals surface area contributed by atoms with Gasteiger partial charge in [-0.25, -0.2) is 13.4 Å². The molecule has 8 heteroatoms. The Labute approximate surface area is 129 Å². The molecule has 0 aliphatic carbocycles. The second kappa shape index (κ2) is 6.52. The summed E-state index contributed by atoms with van der Waals surface area (Å²) in [5.74, 6) is 0.0955. The summed E-state index contributed by atoms with van der Waals surface area (Å²) < 4.78 is 26.0. The Balaban J connectivity index is 2.25. The molecule has 116 valence electrons. The first-order chi connectivity index (χ1) is 10.4. The first-order valence-electron chi connectivity index (χ1n) is 6.60. The molecule has 0 atom stereocenters. The van der Waals surface area contributed by atoms with E-state index in [1.165, 1.54) is 37.8 Å². The summed E-state index contributed by atoms with van der Waals surface area (Å²) in [6, 6.07) is 5.97. The lowest BCUT2D eigenvalue weighted by molar-refractivity contribution is -0.115. The van der Waals surface area contributed by atoms with E-state index >= 15 is 0 Å². The van der Waals surface area contributed by atoms with Crippen molar-refractivity contribution in [1.29, 1.82) is 0 Å². The van der Waals surface area contributed by atoms with Gasteiger partial charge in [-0.3, -0.25) is 14.1 Å². The maximum Gasteiger partial charge on any atom is 0.265 e. The summed E-state index contributed by atoms with van der Waals surface area (Å²) >= 11 is 0. The molecule has 22 heavy (non-hydrogen) atoms. The zero-order chi connectivity index (χ0) is 16.2. The van der Waals surface area contributed by atoms with Crippen LogP contribution in [0.15, 0.2) is 47.8 Å². The van der Waals surface area contributed by atoms with Gasteiger partial charge in [-0.1, -0.05) is 6.92 Å². The van der Waals surface area contributed by atoms with Crippen molar-refractivity contribution in [3.8, 4) is 0 Å². The molecule has 1 heterocycles. The lowest BCUT2D eigenvalue weighted by Crippen LogP contribution is -2.27. The average molecular weight is 320 g/mol. The van der Waals surface area contributed by atoms with Gasteiger partial charge in [0.05, 0.1) is 11.1 Å². The molecule has 0 fully saturated rings. The Kier molecular flexibility index (Phi) is 4.71. The average Bonchev–Trinajstić information content (AvgIpc) is 2.55. The normalized spacial score (nSPS) is 11.0. The molecule has 2 rings (SSSR count). The molecule has 0 spiro atoms. The van der Waals surface area contributed by atoms with Crippen molar-refractivity contribution < 1.29 is 13.2 Å². The van der Waals surface area contributed by atoms with Gasteiger partial charge in [-0.15, -0.1) is 0 Å². The number of anilines is 2. The Hall–Kier alpha value is -2.48. The third kappa shape index (κ3) is 3.40. The summed E-state index contributed by atoms with van der Waals surface area (Å²) in [7, 11) is -2.32. The number of benzene rings is 1. The molecule has 0 aliphatic heterocycles. The van der Waals surface area contributed by atoms with Crippen molar-refractivity contribution in [2.24, 2.45) is 0 Å². The van der Waals surface area contributed by atoms with Gasteiger partial charge in [0.2, 0.25) is 5.91 Å². The van der Waals surface area contributed by atoms with Crippen LogP contribution in [0.5, 0.6) is 0 Å². The number of carbonyl (C=O) groups excluding carboxylic acids is 1. The zero-order valence-corrected chi connectivity index (χ0v) is 13.0. The SMILES string of the molecule is CCC(=O)Nc1ccc(S(=O)(=O)N(C)c2cnccn2)cc1. The Morgan fingerprint density at radius 1 is 1.23 bits per heavy atom. The molecule has 1 aromatic carbocycles. The summed E-state index contributed by atoms with van der Waals surface area (Å²) in [5.41, 5.74) is 0.549. The van der Waals surface area contributed by atoms with Crippen molar-refractivity contribution in [3.63, 3.8) is 0 Å². The van der Waals surface area contributed by atoms with Crippen molar-refractivity contribution in [2.45, 2.75) is 18.2 Å². The molecule has 2 aromatic rings. The molecule has 0 saturated heterocycles. The number of rotatable bonds is 5. The van der Waals surface area contributed by atoms with Crippen LogP contribution in [-0.2, 0) is 14.8 Å². The van der Waals surface area contributed by atoms with E-state index in [1.54, 1.807) is 19.1 Å². The Morgan fingerprint density at radius 3 is 2.45 bits per heavy atom. The van der Waals surface area contributed by atoms with Crippen molar-refractivity contribution in [2.75, 3.05) is 16.7 Å². The summed E-state index contributed by atoms with van der Waals surface area (Å²) in [6.45, 7) is 1.74. The molecule has 7 nitrogen and oxygen atoms in total. The molecule has 1 amide bonds. The van der Waals surface area contributed by atoms with Gasteiger partial charge >= 0.3 is 0 Å². The predicted octanol–water partition coefficient (Wildman–Crippen LogP) is 1.65. The third-order valence-electron chi connectivity index (χ3n) is 2.99. The van der Waals surface area contributed by atoms with E-state index in [-0.39, 0.29) is 16.6 Å². The maximum atomic E-state index is 12.5. The summed E-state index contributed by atoms with van der Waals surface area (Å²) in [5, 5.41) is 2.66. The number of nitrogens with zero attached hydrogens (tertiary/aromatic N) is 3. The topological polar surface area (TPSA) is 92.3 Å². The number of carbonyl (C=O) groups is 1. The monoisotopic (exact) mass is 320 g/mol. The van der Waals surface area contributed by atoms with Crippen molar-refractivity contribution in [3.05, 3.63) is 42.9 Å². The van der Waals surface area contributed by atoms with E-state index < -0.39 is 10.0 Å². The van der Waals surface area contributed by atoms with Gasteiger partial charge in [-0.05, 0) is 24.3 Å². The van der Waals surface area contributed by atoms with Crippen LogP contribution in [0.4, 0.5) is 11.5 Å². The highest BCUT2D eigenvalue weighted by atomic mass is 32.2. The van der Waals surface area contributed by atoms with E-state index in [0.29, 0.717) is 12.1 Å². The fourth-order valence-electron chi connectivity index (χ4n) is 1.69. The fraction of sp³-hybridized carbons (Fsp3) is 0.214. The van der Waals surface area contributed by atoms with Crippen LogP contribution in [0.3, 0.4) is 0 Å². The van der Waals surface area contributed by atoms with E-state index in [1.807, 2.05) is 0 Å². The Bertz CT molecular complexity index is 745. The van der Waals surface area contributed by atoms with E-state index in [9.17, 15) is 13.2 Å². The molecule has 0 unspecified atom stereocenters. The number of nitrogens with one attached hydrogen (secondary N) is 1. The predicted molar refractivity (Wildman–Crippen MR) is 83.0 cm³/mol. The number of hydrogen-bond acceptors (Lipinski definition) is 5. The Morgan fingerprint density at radius 2 is 1.91 bits per heavy atom. The highest BCUT2D eigenvalue weighted by Gasteiger charge is 2.22. The largest absolute Gasteiger partial charge is 0.326 e. The van der Waals surface area contributed by atoms with E-state index in [0.717, 1.165) is 4.31 Å². The minimum absolute atomic E-state index is 0.107. The van der Waals surface area contributed by atoms with E-state index in [4.69, 9.17) is 0 Å². The lowest BCUT2D eigenvalue weighted by atomic mass is 10.3. The van der Waals surface area contributed by atoms with Crippen LogP contribution in [0.1, 0.15) is 13.3 Å². The minimum atomic E-state index is -3.72. The van der Waals surface area contributed by atoms with Crippen LogP contribution >= 0.6 is 0 Å². The van der Waals surface area contributed by atoms with Crippen molar-refractivity contribution >= 4 is 27.4 Å². The number of aromatic nitrogens is 2. The summed E-state index contributed by atoms with van der Waals surface area (Å²) in [6.07, 6.45) is 4.61. The van der Waals surface area contributed by atoms with Crippen LogP contribution < -0.4 is 9.62 Å². The molecular formula is C14H16N4O3S. The van der Waals surface area contributed by atoms with Gasteiger partial charge in [0.15, 0.2) is 5.82 Å². The molecule has 0 bridgehead atoms. The second-order valence-electron chi connectivity index (χ2n) is 4.46. The van der Waals surface area contributed by atoms with Crippen LogP contribution in [0.2, 0.25) is 0 Å². The second-order valence-corrected chi connectivity index (χ2v) is 6.43. The van der Waals surface area contributed by atoms with Crippen molar-refractivity contribution in [1.82, 2.24) is 9.97 Å².